The molecule has 6 atom stereocenters. The van der Waals surface area contributed by atoms with Gasteiger partial charge in [0.15, 0.2) is 0 Å². The fourth-order valence-electron chi connectivity index (χ4n) is 6.06. The topological polar surface area (TPSA) is 96.4 Å². The highest BCUT2D eigenvalue weighted by atomic mass is 16.6. The first-order valence-corrected chi connectivity index (χ1v) is 12.0. The number of rotatable bonds is 12. The van der Waals surface area contributed by atoms with Crippen LogP contribution in [0.25, 0.3) is 0 Å². The van der Waals surface area contributed by atoms with Gasteiger partial charge in [-0.15, -0.1) is 6.58 Å². The third-order valence-electron chi connectivity index (χ3n) is 7.65. The van der Waals surface area contributed by atoms with Crippen LogP contribution < -0.4 is 0 Å². The van der Waals surface area contributed by atoms with Crippen LogP contribution >= 0.6 is 0 Å². The predicted molar refractivity (Wildman–Crippen MR) is 123 cm³/mol. The van der Waals surface area contributed by atoms with Gasteiger partial charge in [-0.3, -0.25) is 14.4 Å². The van der Waals surface area contributed by atoms with Gasteiger partial charge in [0.25, 0.3) is 0 Å². The first kappa shape index (κ1) is 25.4. The molecule has 3 heterocycles. The van der Waals surface area contributed by atoms with Gasteiger partial charge in [-0.05, 0) is 32.1 Å². The summed E-state index contributed by atoms with van der Waals surface area (Å²) in [5.41, 5.74) is -1.99. The maximum Gasteiger partial charge on any atom is 0.313 e. The summed E-state index contributed by atoms with van der Waals surface area (Å²) >= 11 is 0. The zero-order valence-electron chi connectivity index (χ0n) is 20.1. The number of aliphatic hydroxyl groups excluding tert-OH is 1. The normalized spacial score (nSPS) is 34.3. The molecule has 0 aromatic carbocycles. The van der Waals surface area contributed by atoms with Gasteiger partial charge in [0.1, 0.15) is 24.2 Å². The molecule has 1 N–H and O–H groups in total. The van der Waals surface area contributed by atoms with Crippen LogP contribution in [-0.2, 0) is 23.9 Å². The van der Waals surface area contributed by atoms with E-state index in [1.165, 1.54) is 11.0 Å². The second-order valence-corrected chi connectivity index (χ2v) is 9.66. The molecule has 3 rings (SSSR count). The number of hydrogen-bond donors (Lipinski definition) is 1. The van der Waals surface area contributed by atoms with E-state index in [0.29, 0.717) is 25.9 Å². The summed E-state index contributed by atoms with van der Waals surface area (Å²) in [4.78, 5) is 44.1. The Kier molecular flexibility index (Phi) is 7.69. The third-order valence-corrected chi connectivity index (χ3v) is 7.65. The SMILES string of the molecule is C=CCOC(=O)[C@H]1[C@H]2C(=O)N(CCCO)C(C(=O)N(CC=C)CCCC)C23CC(C)[C@]1(C)O3. The van der Waals surface area contributed by atoms with Crippen LogP contribution in [0.3, 0.4) is 0 Å². The first-order chi connectivity index (χ1) is 15.7. The van der Waals surface area contributed by atoms with E-state index in [-0.39, 0.29) is 37.5 Å². The predicted octanol–water partition coefficient (Wildman–Crippen LogP) is 1.92. The lowest BCUT2D eigenvalue weighted by atomic mass is 9.62. The van der Waals surface area contributed by atoms with Crippen molar-refractivity contribution >= 4 is 17.8 Å². The lowest BCUT2D eigenvalue weighted by Crippen LogP contribution is -2.56. The van der Waals surface area contributed by atoms with Gasteiger partial charge < -0.3 is 24.4 Å². The Balaban J connectivity index is 2.06. The molecule has 8 nitrogen and oxygen atoms in total. The fraction of sp³-hybridized carbons (Fsp3) is 0.720. The van der Waals surface area contributed by atoms with Crippen LogP contribution in [0.15, 0.2) is 25.3 Å². The second kappa shape index (κ2) is 9.97. The molecule has 33 heavy (non-hydrogen) atoms. The van der Waals surface area contributed by atoms with Gasteiger partial charge >= 0.3 is 5.97 Å². The molecule has 0 saturated carbocycles. The van der Waals surface area contributed by atoms with Crippen LogP contribution in [0.2, 0.25) is 0 Å². The molecule has 3 aliphatic heterocycles. The Hall–Kier alpha value is -2.19. The second-order valence-electron chi connectivity index (χ2n) is 9.66. The standard InChI is InChI=1S/C25H38N2O6/c1-6-9-12-26(11-7-2)22(30)20-25-16-17(4)24(5,33-25)19(23(31)32-15-8-3)18(25)21(29)27(20)13-10-14-28/h7-8,17-20,28H,2-3,6,9-16H2,1,4-5H3/t17?,18-,19+,20?,24-,25?/m0/s1. The van der Waals surface area contributed by atoms with Crippen molar-refractivity contribution in [1.29, 1.82) is 0 Å². The third kappa shape index (κ3) is 4.01. The Bertz CT molecular complexity index is 800. The van der Waals surface area contributed by atoms with Crippen LogP contribution in [-0.4, -0.2) is 82.8 Å². The highest BCUT2D eigenvalue weighted by Crippen LogP contribution is 2.65. The van der Waals surface area contributed by atoms with Crippen molar-refractivity contribution < 1.29 is 29.0 Å². The minimum absolute atomic E-state index is 0.0422. The van der Waals surface area contributed by atoms with Crippen molar-refractivity contribution in [2.24, 2.45) is 17.8 Å². The molecule has 184 valence electrons. The lowest BCUT2D eigenvalue weighted by molar-refractivity contribution is -0.161. The summed E-state index contributed by atoms with van der Waals surface area (Å²) in [7, 11) is 0. The number of fused-ring (bicyclic) bond motifs is 1. The van der Waals surface area contributed by atoms with E-state index < -0.39 is 35.0 Å². The molecule has 3 fully saturated rings. The van der Waals surface area contributed by atoms with Crippen molar-refractivity contribution in [3.8, 4) is 0 Å². The molecule has 3 aliphatic rings. The molecular formula is C25H38N2O6. The van der Waals surface area contributed by atoms with Gasteiger partial charge in [0.2, 0.25) is 11.8 Å². The fourth-order valence-corrected chi connectivity index (χ4v) is 6.06. The number of carbonyl (C=O) groups is 3. The summed E-state index contributed by atoms with van der Waals surface area (Å²) in [5.74, 6) is -2.58. The molecule has 0 aromatic heterocycles. The van der Waals surface area contributed by atoms with Gasteiger partial charge in [-0.2, -0.15) is 0 Å². The molecular weight excluding hydrogens is 424 g/mol. The van der Waals surface area contributed by atoms with Crippen molar-refractivity contribution in [3.05, 3.63) is 25.3 Å². The number of ether oxygens (including phenoxy) is 2. The average molecular weight is 463 g/mol. The number of likely N-dealkylation sites (tertiary alicyclic amines) is 1. The summed E-state index contributed by atoms with van der Waals surface area (Å²) in [6.45, 7) is 14.4. The Morgan fingerprint density at radius 2 is 2.06 bits per heavy atom. The van der Waals surface area contributed by atoms with E-state index in [0.717, 1.165) is 12.8 Å². The molecule has 0 aliphatic carbocycles. The van der Waals surface area contributed by atoms with Crippen LogP contribution in [0.4, 0.5) is 0 Å². The van der Waals surface area contributed by atoms with Gasteiger partial charge in [0.05, 0.1) is 11.5 Å². The van der Waals surface area contributed by atoms with Crippen molar-refractivity contribution in [1.82, 2.24) is 9.80 Å². The summed E-state index contributed by atoms with van der Waals surface area (Å²) in [5, 5.41) is 9.44. The quantitative estimate of drug-likeness (QED) is 0.352. The van der Waals surface area contributed by atoms with Crippen LogP contribution in [0.1, 0.15) is 46.5 Å². The van der Waals surface area contributed by atoms with Gasteiger partial charge in [0, 0.05) is 26.2 Å². The molecule has 0 radical (unpaired) electrons. The Labute approximate surface area is 196 Å². The average Bonchev–Trinajstić information content (AvgIpc) is 3.29. The molecule has 1 spiro atoms. The monoisotopic (exact) mass is 462 g/mol. The van der Waals surface area contributed by atoms with Gasteiger partial charge in [-0.1, -0.05) is 39.0 Å². The number of carbonyl (C=O) groups excluding carboxylic acids is 3. The highest BCUT2D eigenvalue weighted by Gasteiger charge is 2.80. The smallest absolute Gasteiger partial charge is 0.313 e. The van der Waals surface area contributed by atoms with Crippen molar-refractivity contribution in [2.75, 3.05) is 32.8 Å². The maximum atomic E-state index is 14.0. The zero-order valence-corrected chi connectivity index (χ0v) is 20.1. The first-order valence-electron chi connectivity index (χ1n) is 12.0. The van der Waals surface area contributed by atoms with E-state index in [2.05, 4.69) is 20.1 Å². The van der Waals surface area contributed by atoms with Gasteiger partial charge in [-0.25, -0.2) is 0 Å². The summed E-state index contributed by atoms with van der Waals surface area (Å²) in [6, 6.07) is -0.847. The molecule has 3 unspecified atom stereocenters. The number of esters is 1. The van der Waals surface area contributed by atoms with Crippen LogP contribution in [0, 0.1) is 17.8 Å². The maximum absolute atomic E-state index is 14.0. The van der Waals surface area contributed by atoms with Crippen molar-refractivity contribution in [3.63, 3.8) is 0 Å². The van der Waals surface area contributed by atoms with Crippen molar-refractivity contribution in [2.45, 2.75) is 63.7 Å². The number of amides is 2. The minimum atomic E-state index is -1.10. The zero-order chi connectivity index (χ0) is 24.4. The molecule has 0 aromatic rings. The number of nitrogens with zero attached hydrogens (tertiary/aromatic N) is 2. The van der Waals surface area contributed by atoms with E-state index in [1.807, 2.05) is 13.8 Å². The van der Waals surface area contributed by atoms with E-state index in [9.17, 15) is 19.5 Å². The number of unbranched alkanes of at least 4 members (excludes halogenated alkanes) is 1. The van der Waals surface area contributed by atoms with E-state index in [4.69, 9.17) is 9.47 Å². The Morgan fingerprint density at radius 3 is 2.67 bits per heavy atom. The molecule has 2 amide bonds. The molecule has 3 saturated heterocycles. The van der Waals surface area contributed by atoms with E-state index >= 15 is 0 Å². The highest BCUT2D eigenvalue weighted by molar-refractivity contribution is 5.98. The van der Waals surface area contributed by atoms with E-state index in [1.54, 1.807) is 11.0 Å². The number of aliphatic hydroxyl groups is 1. The molecule has 8 heteroatoms. The van der Waals surface area contributed by atoms with Crippen LogP contribution in [0.5, 0.6) is 0 Å². The minimum Gasteiger partial charge on any atom is -0.461 e. The summed E-state index contributed by atoms with van der Waals surface area (Å²) < 4.78 is 12.0. The molecule has 2 bridgehead atoms. The Morgan fingerprint density at radius 1 is 1.33 bits per heavy atom. The lowest BCUT2D eigenvalue weighted by Gasteiger charge is -2.37. The largest absolute Gasteiger partial charge is 0.461 e. The number of hydrogen-bond acceptors (Lipinski definition) is 6. The summed E-state index contributed by atoms with van der Waals surface area (Å²) in [6.07, 6.45) is 5.78.